The lowest BCUT2D eigenvalue weighted by molar-refractivity contribution is 0.478. The Morgan fingerprint density at radius 1 is 0.404 bits per heavy atom. The second-order valence-electron chi connectivity index (χ2n) is 12.5. The second kappa shape index (κ2) is 9.12. The molecule has 3 heteroatoms. The minimum absolute atomic E-state index is 0.876. The number of hydrogen-bond donors (Lipinski definition) is 0. The molecule has 3 heterocycles. The van der Waals surface area contributed by atoms with Gasteiger partial charge < -0.3 is 13.9 Å². The summed E-state index contributed by atoms with van der Waals surface area (Å²) in [6.45, 7) is 0. The molecule has 0 atom stereocenters. The van der Waals surface area contributed by atoms with Gasteiger partial charge in [0.1, 0.15) is 0 Å². The van der Waals surface area contributed by atoms with E-state index in [1.165, 1.54) is 65.3 Å². The summed E-state index contributed by atoms with van der Waals surface area (Å²) in [7, 11) is 0. The summed E-state index contributed by atoms with van der Waals surface area (Å²) in [6, 6.07) is 57.0. The summed E-state index contributed by atoms with van der Waals surface area (Å²) < 4.78 is 11.5. The largest absolute Gasteiger partial charge is 0.452 e. The zero-order chi connectivity index (χ0) is 30.6. The lowest BCUT2D eigenvalue weighted by atomic mass is 9.96. The molecule has 0 amide bonds. The van der Waals surface area contributed by atoms with Gasteiger partial charge in [0.2, 0.25) is 0 Å². The third-order valence-corrected chi connectivity index (χ3v) is 10.1. The predicted octanol–water partition coefficient (Wildman–Crippen LogP) is 12.0. The summed E-state index contributed by atoms with van der Waals surface area (Å²) >= 11 is 0. The van der Waals surface area contributed by atoms with Crippen LogP contribution in [0, 0.1) is 0 Å². The second-order valence-corrected chi connectivity index (χ2v) is 12.5. The van der Waals surface area contributed by atoms with Crippen LogP contribution in [0.5, 0.6) is 11.5 Å². The molecule has 1 aliphatic heterocycles. The maximum atomic E-state index is 6.73. The van der Waals surface area contributed by atoms with Gasteiger partial charge >= 0.3 is 0 Å². The van der Waals surface area contributed by atoms with Gasteiger partial charge in [0, 0.05) is 32.8 Å². The van der Waals surface area contributed by atoms with Gasteiger partial charge in [0.25, 0.3) is 0 Å². The van der Waals surface area contributed by atoms with Gasteiger partial charge in [-0.05, 0) is 81.7 Å². The topological polar surface area (TPSA) is 19.1 Å². The van der Waals surface area contributed by atoms with E-state index in [1.807, 2.05) is 6.07 Å². The molecule has 0 fully saturated rings. The molecule has 2 aromatic heterocycles. The zero-order valence-electron chi connectivity index (χ0n) is 25.3. The Balaban J connectivity index is 1.09. The molecule has 47 heavy (non-hydrogen) atoms. The van der Waals surface area contributed by atoms with Crippen LogP contribution in [0.3, 0.4) is 0 Å². The molecule has 8 aromatic carbocycles. The van der Waals surface area contributed by atoms with Gasteiger partial charge in [0.05, 0.1) is 27.8 Å². The van der Waals surface area contributed by atoms with Crippen LogP contribution < -0.4 is 4.74 Å². The van der Waals surface area contributed by atoms with Crippen molar-refractivity contribution in [1.29, 1.82) is 0 Å². The maximum Gasteiger partial charge on any atom is 0.160 e. The number of fused-ring (bicyclic) bond motifs is 11. The Kier molecular flexibility index (Phi) is 4.84. The SMILES string of the molecule is c1ccc2c(c1)Oc1c(-c3ccc4c(ccc5cc(-n6c7ccccc7c7ccccc76)ccc54)c3)ccc3c4ccccc4n-2c13. The van der Waals surface area contributed by atoms with E-state index in [1.54, 1.807) is 0 Å². The molecule has 0 unspecified atom stereocenters. The number of para-hydroxylation sites is 5. The van der Waals surface area contributed by atoms with Crippen LogP contribution in [-0.2, 0) is 0 Å². The number of aromatic nitrogens is 2. The van der Waals surface area contributed by atoms with Gasteiger partial charge in [-0.3, -0.25) is 0 Å². The fourth-order valence-electron chi connectivity index (χ4n) is 8.01. The highest BCUT2D eigenvalue weighted by atomic mass is 16.5. The lowest BCUT2D eigenvalue weighted by Crippen LogP contribution is -2.04. The normalized spacial score (nSPS) is 12.4. The maximum absolute atomic E-state index is 6.73. The molecular weight excluding hydrogens is 572 g/mol. The average Bonchev–Trinajstić information content (AvgIpc) is 3.65. The molecule has 0 aliphatic carbocycles. The van der Waals surface area contributed by atoms with E-state index in [2.05, 4.69) is 161 Å². The van der Waals surface area contributed by atoms with Gasteiger partial charge in [0.15, 0.2) is 11.5 Å². The van der Waals surface area contributed by atoms with Crippen LogP contribution in [0.1, 0.15) is 0 Å². The minimum atomic E-state index is 0.876. The van der Waals surface area contributed by atoms with Crippen LogP contribution >= 0.6 is 0 Å². The van der Waals surface area contributed by atoms with Crippen molar-refractivity contribution in [3.05, 3.63) is 158 Å². The third-order valence-electron chi connectivity index (χ3n) is 10.1. The molecule has 3 nitrogen and oxygen atoms in total. The van der Waals surface area contributed by atoms with Crippen LogP contribution in [-0.4, -0.2) is 9.13 Å². The lowest BCUT2D eigenvalue weighted by Gasteiger charge is -2.23. The molecule has 0 saturated carbocycles. The fraction of sp³-hybridized carbons (Fsp3) is 0. The van der Waals surface area contributed by atoms with E-state index in [-0.39, 0.29) is 0 Å². The third kappa shape index (κ3) is 3.35. The molecule has 11 rings (SSSR count). The molecular formula is C44H26N2O. The summed E-state index contributed by atoms with van der Waals surface area (Å²) in [4.78, 5) is 0. The number of rotatable bonds is 2. The number of nitrogens with zero attached hydrogens (tertiary/aromatic N) is 2. The smallest absolute Gasteiger partial charge is 0.160 e. The van der Waals surface area contributed by atoms with E-state index >= 15 is 0 Å². The van der Waals surface area contributed by atoms with E-state index in [0.717, 1.165) is 33.8 Å². The van der Waals surface area contributed by atoms with Crippen LogP contribution in [0.15, 0.2) is 158 Å². The average molecular weight is 599 g/mol. The van der Waals surface area contributed by atoms with Crippen molar-refractivity contribution in [3.8, 4) is 34.0 Å². The van der Waals surface area contributed by atoms with Crippen molar-refractivity contribution in [1.82, 2.24) is 9.13 Å². The van der Waals surface area contributed by atoms with Crippen LogP contribution in [0.4, 0.5) is 0 Å². The Hall–Kier alpha value is -6.32. The molecule has 218 valence electrons. The Morgan fingerprint density at radius 3 is 1.72 bits per heavy atom. The Bertz CT molecular complexity index is 2890. The predicted molar refractivity (Wildman–Crippen MR) is 196 cm³/mol. The molecule has 0 N–H and O–H groups in total. The molecule has 0 bridgehead atoms. The first kappa shape index (κ1) is 24.9. The monoisotopic (exact) mass is 598 g/mol. The quantitative estimate of drug-likeness (QED) is 0.181. The number of hydrogen-bond acceptors (Lipinski definition) is 1. The van der Waals surface area contributed by atoms with Crippen molar-refractivity contribution in [3.63, 3.8) is 0 Å². The minimum Gasteiger partial charge on any atom is -0.452 e. The summed E-state index contributed by atoms with van der Waals surface area (Å²) in [5.41, 5.74) is 9.26. The standard InChI is InChI=1S/C44H26N2O/c1-4-12-38-34(9-1)35-10-2-5-13-39(35)45(38)30-20-22-32-29(26-30)18-17-27-25-28(19-21-31(27)32)33-23-24-37-36-11-3-6-14-40(36)46-41-15-7-8-16-42(41)47-44(33)43(37)46/h1-26H. The summed E-state index contributed by atoms with van der Waals surface area (Å²) in [5.74, 6) is 1.79. The first-order valence-electron chi connectivity index (χ1n) is 16.1. The van der Waals surface area contributed by atoms with Crippen molar-refractivity contribution in [2.45, 2.75) is 0 Å². The molecule has 0 spiro atoms. The summed E-state index contributed by atoms with van der Waals surface area (Å²) in [5, 5.41) is 9.93. The van der Waals surface area contributed by atoms with Gasteiger partial charge in [-0.2, -0.15) is 0 Å². The Labute approximate surface area is 270 Å². The van der Waals surface area contributed by atoms with E-state index < -0.39 is 0 Å². The van der Waals surface area contributed by atoms with Crippen molar-refractivity contribution >= 4 is 65.2 Å². The van der Waals surface area contributed by atoms with E-state index in [4.69, 9.17) is 4.74 Å². The van der Waals surface area contributed by atoms with Crippen molar-refractivity contribution < 1.29 is 4.74 Å². The highest BCUT2D eigenvalue weighted by Crippen LogP contribution is 2.49. The summed E-state index contributed by atoms with van der Waals surface area (Å²) in [6.07, 6.45) is 0. The fourth-order valence-corrected chi connectivity index (χ4v) is 8.01. The molecule has 1 aliphatic rings. The Morgan fingerprint density at radius 2 is 0.979 bits per heavy atom. The van der Waals surface area contributed by atoms with E-state index in [0.29, 0.717) is 0 Å². The van der Waals surface area contributed by atoms with Gasteiger partial charge in [-0.25, -0.2) is 0 Å². The highest BCUT2D eigenvalue weighted by Gasteiger charge is 2.26. The first-order chi connectivity index (χ1) is 23.3. The van der Waals surface area contributed by atoms with Crippen molar-refractivity contribution in [2.75, 3.05) is 0 Å². The highest BCUT2D eigenvalue weighted by molar-refractivity contribution is 6.15. The van der Waals surface area contributed by atoms with Gasteiger partial charge in [-0.15, -0.1) is 0 Å². The van der Waals surface area contributed by atoms with Crippen molar-refractivity contribution in [2.24, 2.45) is 0 Å². The molecule has 10 aromatic rings. The number of benzene rings is 8. The number of ether oxygens (including phenoxy) is 1. The molecule has 0 radical (unpaired) electrons. The zero-order valence-corrected chi connectivity index (χ0v) is 25.3. The van der Waals surface area contributed by atoms with Gasteiger partial charge in [-0.1, -0.05) is 103 Å². The van der Waals surface area contributed by atoms with Crippen LogP contribution in [0.2, 0.25) is 0 Å². The van der Waals surface area contributed by atoms with E-state index in [9.17, 15) is 0 Å². The molecule has 0 saturated heterocycles. The first-order valence-corrected chi connectivity index (χ1v) is 16.1. The van der Waals surface area contributed by atoms with Crippen LogP contribution in [0.25, 0.3) is 87.7 Å².